The van der Waals surface area contributed by atoms with Crippen LogP contribution in [0.3, 0.4) is 0 Å². The van der Waals surface area contributed by atoms with Crippen LogP contribution in [0, 0.1) is 35.2 Å². The third-order valence-electron chi connectivity index (χ3n) is 5.29. The Bertz CT molecular complexity index is 578. The van der Waals surface area contributed by atoms with Gasteiger partial charge in [-0.05, 0) is 42.4 Å². The molecule has 24 heavy (non-hydrogen) atoms. The fraction of sp³-hybridized carbons (Fsp3) is 0.579. The molecule has 2 fully saturated rings. The van der Waals surface area contributed by atoms with E-state index in [0.29, 0.717) is 30.6 Å². The molecule has 2 nitrogen and oxygen atoms in total. The summed E-state index contributed by atoms with van der Waals surface area (Å²) < 4.78 is 51.3. The molecule has 0 atom stereocenters. The molecule has 3 rings (SSSR count). The Labute approximate surface area is 140 Å². The third kappa shape index (κ3) is 3.67. The highest BCUT2D eigenvalue weighted by molar-refractivity contribution is 5.65. The predicted octanol–water partition coefficient (Wildman–Crippen LogP) is 4.93. The Hall–Kier alpha value is -1.33. The Balaban J connectivity index is 1.59. The van der Waals surface area contributed by atoms with Crippen molar-refractivity contribution in [1.82, 2.24) is 0 Å². The van der Waals surface area contributed by atoms with Crippen LogP contribution in [0.15, 0.2) is 18.7 Å². The number of benzene rings is 1. The van der Waals surface area contributed by atoms with Crippen LogP contribution in [0.25, 0.3) is 5.57 Å². The molecule has 0 spiro atoms. The molecule has 0 radical (unpaired) electrons. The second-order valence-electron chi connectivity index (χ2n) is 7.06. The van der Waals surface area contributed by atoms with Gasteiger partial charge in [-0.3, -0.25) is 0 Å². The standard InChI is InChI=1S/C19H23F3O2/c1-11-3-5-13(6-4-11)15-9-23-19(24-10-15)12(2)14-7-16(20)18(22)17(21)8-14/h7-8,11,13,15,19H,2-6,9-10H2,1H3. The van der Waals surface area contributed by atoms with Gasteiger partial charge in [-0.25, -0.2) is 13.2 Å². The molecular formula is C19H23F3O2. The van der Waals surface area contributed by atoms with Crippen molar-refractivity contribution in [2.75, 3.05) is 13.2 Å². The summed E-state index contributed by atoms with van der Waals surface area (Å²) in [5.74, 6) is -2.21. The van der Waals surface area contributed by atoms with E-state index in [9.17, 15) is 13.2 Å². The number of halogens is 3. The van der Waals surface area contributed by atoms with E-state index in [1.165, 1.54) is 25.7 Å². The molecule has 2 aliphatic rings. The van der Waals surface area contributed by atoms with Gasteiger partial charge in [0.2, 0.25) is 0 Å². The maximum atomic E-state index is 13.4. The Morgan fingerprint density at radius 1 is 0.958 bits per heavy atom. The largest absolute Gasteiger partial charge is 0.348 e. The van der Waals surface area contributed by atoms with Crippen molar-refractivity contribution in [2.24, 2.45) is 17.8 Å². The zero-order chi connectivity index (χ0) is 17.3. The first-order valence-corrected chi connectivity index (χ1v) is 8.52. The zero-order valence-electron chi connectivity index (χ0n) is 13.9. The van der Waals surface area contributed by atoms with E-state index in [0.717, 1.165) is 18.1 Å². The van der Waals surface area contributed by atoms with Gasteiger partial charge in [-0.15, -0.1) is 0 Å². The lowest BCUT2D eigenvalue weighted by molar-refractivity contribution is -0.180. The van der Waals surface area contributed by atoms with Gasteiger partial charge in [0.05, 0.1) is 13.2 Å². The second kappa shape index (κ2) is 7.28. The summed E-state index contributed by atoms with van der Waals surface area (Å²) in [6.45, 7) is 7.19. The molecule has 1 aliphatic carbocycles. The number of rotatable bonds is 3. The molecule has 0 N–H and O–H groups in total. The summed E-state index contributed by atoms with van der Waals surface area (Å²) in [4.78, 5) is 0. The Morgan fingerprint density at radius 3 is 2.04 bits per heavy atom. The van der Waals surface area contributed by atoms with Crippen molar-refractivity contribution < 1.29 is 22.6 Å². The van der Waals surface area contributed by atoms with Crippen LogP contribution in [-0.4, -0.2) is 19.5 Å². The highest BCUT2D eigenvalue weighted by Crippen LogP contribution is 2.36. The van der Waals surface area contributed by atoms with Crippen molar-refractivity contribution in [2.45, 2.75) is 38.9 Å². The van der Waals surface area contributed by atoms with Crippen LogP contribution in [-0.2, 0) is 9.47 Å². The SMILES string of the molecule is C=C(c1cc(F)c(F)c(F)c1)C1OCC(C2CCC(C)CC2)CO1. The molecule has 1 aromatic rings. The van der Waals surface area contributed by atoms with Gasteiger partial charge < -0.3 is 9.47 Å². The van der Waals surface area contributed by atoms with Gasteiger partial charge in [-0.1, -0.05) is 26.3 Å². The second-order valence-corrected chi connectivity index (χ2v) is 7.06. The lowest BCUT2D eigenvalue weighted by atomic mass is 9.76. The summed E-state index contributed by atoms with van der Waals surface area (Å²) >= 11 is 0. The van der Waals surface area contributed by atoms with E-state index in [-0.39, 0.29) is 5.56 Å². The maximum Gasteiger partial charge on any atom is 0.194 e. The van der Waals surface area contributed by atoms with E-state index < -0.39 is 23.7 Å². The minimum absolute atomic E-state index is 0.154. The average Bonchev–Trinajstić information content (AvgIpc) is 2.59. The number of hydrogen-bond acceptors (Lipinski definition) is 2. The van der Waals surface area contributed by atoms with Gasteiger partial charge in [0.25, 0.3) is 0 Å². The molecule has 1 aromatic carbocycles. The Morgan fingerprint density at radius 2 is 1.50 bits per heavy atom. The smallest absolute Gasteiger partial charge is 0.194 e. The van der Waals surface area contributed by atoms with E-state index in [1.54, 1.807) is 0 Å². The van der Waals surface area contributed by atoms with Gasteiger partial charge in [0.15, 0.2) is 23.7 Å². The summed E-state index contributed by atoms with van der Waals surface area (Å²) in [6.07, 6.45) is 4.13. The Kier molecular flexibility index (Phi) is 5.30. The maximum absolute atomic E-state index is 13.4. The van der Waals surface area contributed by atoms with Crippen LogP contribution < -0.4 is 0 Å². The topological polar surface area (TPSA) is 18.5 Å². The van der Waals surface area contributed by atoms with Crippen LogP contribution in [0.5, 0.6) is 0 Å². The van der Waals surface area contributed by atoms with Crippen LogP contribution >= 0.6 is 0 Å². The first kappa shape index (κ1) is 17.5. The minimum Gasteiger partial charge on any atom is -0.348 e. The van der Waals surface area contributed by atoms with Crippen molar-refractivity contribution >= 4 is 5.57 Å². The average molecular weight is 340 g/mol. The molecule has 1 saturated heterocycles. The molecular weight excluding hydrogens is 317 g/mol. The normalized spacial score (nSPS) is 31.0. The number of hydrogen-bond donors (Lipinski definition) is 0. The van der Waals surface area contributed by atoms with Crippen LogP contribution in [0.1, 0.15) is 38.2 Å². The summed E-state index contributed by atoms with van der Waals surface area (Å²) in [5, 5.41) is 0. The van der Waals surface area contributed by atoms with Gasteiger partial charge in [-0.2, -0.15) is 0 Å². The highest BCUT2D eigenvalue weighted by Gasteiger charge is 2.32. The lowest BCUT2D eigenvalue weighted by Gasteiger charge is -2.37. The first-order valence-electron chi connectivity index (χ1n) is 8.52. The summed E-state index contributed by atoms with van der Waals surface area (Å²) in [6, 6.07) is 1.84. The highest BCUT2D eigenvalue weighted by atomic mass is 19.2. The molecule has 1 aliphatic heterocycles. The van der Waals surface area contributed by atoms with Crippen LogP contribution in [0.4, 0.5) is 13.2 Å². The third-order valence-corrected chi connectivity index (χ3v) is 5.29. The van der Waals surface area contributed by atoms with Gasteiger partial charge >= 0.3 is 0 Å². The molecule has 5 heteroatoms. The van der Waals surface area contributed by atoms with E-state index in [4.69, 9.17) is 9.47 Å². The fourth-order valence-corrected chi connectivity index (χ4v) is 3.63. The molecule has 0 amide bonds. The molecule has 1 heterocycles. The molecule has 0 unspecified atom stereocenters. The van der Waals surface area contributed by atoms with E-state index >= 15 is 0 Å². The summed E-state index contributed by atoms with van der Waals surface area (Å²) in [5.41, 5.74) is 0.463. The molecule has 0 aromatic heterocycles. The van der Waals surface area contributed by atoms with Crippen molar-refractivity contribution in [3.05, 3.63) is 41.7 Å². The predicted molar refractivity (Wildman–Crippen MR) is 85.7 cm³/mol. The minimum atomic E-state index is -1.48. The van der Waals surface area contributed by atoms with Gasteiger partial charge in [0.1, 0.15) is 0 Å². The molecule has 0 bridgehead atoms. The molecule has 1 saturated carbocycles. The monoisotopic (exact) mass is 340 g/mol. The van der Waals surface area contributed by atoms with E-state index in [1.807, 2.05) is 0 Å². The first-order chi connectivity index (χ1) is 11.5. The van der Waals surface area contributed by atoms with Crippen molar-refractivity contribution in [3.8, 4) is 0 Å². The zero-order valence-corrected chi connectivity index (χ0v) is 13.9. The quantitative estimate of drug-likeness (QED) is 0.726. The van der Waals surface area contributed by atoms with Gasteiger partial charge in [0, 0.05) is 11.5 Å². The van der Waals surface area contributed by atoms with Crippen LogP contribution in [0.2, 0.25) is 0 Å². The number of ether oxygens (including phenoxy) is 2. The fourth-order valence-electron chi connectivity index (χ4n) is 3.63. The van der Waals surface area contributed by atoms with Crippen molar-refractivity contribution in [3.63, 3.8) is 0 Å². The lowest BCUT2D eigenvalue weighted by Crippen LogP contribution is -2.37. The molecule has 132 valence electrons. The van der Waals surface area contributed by atoms with Crippen molar-refractivity contribution in [1.29, 1.82) is 0 Å². The summed E-state index contributed by atoms with van der Waals surface area (Å²) in [7, 11) is 0. The van der Waals surface area contributed by atoms with E-state index in [2.05, 4.69) is 13.5 Å².